The van der Waals surface area contributed by atoms with Crippen molar-refractivity contribution in [3.05, 3.63) is 0 Å². The summed E-state index contributed by atoms with van der Waals surface area (Å²) >= 11 is 0. The minimum absolute atomic E-state index is 0.789. The molecule has 1 rings (SSSR count). The van der Waals surface area contributed by atoms with Gasteiger partial charge in [0.05, 0.1) is 13.2 Å². The maximum Gasteiger partial charge on any atom is 0.0517 e. The van der Waals surface area contributed by atoms with E-state index >= 15 is 0 Å². The Labute approximate surface area is 68.9 Å². The van der Waals surface area contributed by atoms with E-state index in [1.54, 1.807) is 0 Å². The molecule has 0 aromatic carbocycles. The van der Waals surface area contributed by atoms with Crippen molar-refractivity contribution in [2.24, 2.45) is 5.92 Å². The zero-order valence-electron chi connectivity index (χ0n) is 7.34. The molecule has 1 saturated heterocycles. The monoisotopic (exact) mass is 158 g/mol. The van der Waals surface area contributed by atoms with Crippen LogP contribution in [0.5, 0.6) is 0 Å². The first kappa shape index (κ1) is 9.01. The third-order valence-electron chi connectivity index (χ3n) is 2.02. The fourth-order valence-corrected chi connectivity index (χ4v) is 1.05. The molecule has 0 radical (unpaired) electrons. The average molecular weight is 158 g/mol. The maximum absolute atomic E-state index is 5.42. The molecule has 66 valence electrons. The van der Waals surface area contributed by atoms with Crippen molar-refractivity contribution in [3.63, 3.8) is 0 Å². The summed E-state index contributed by atoms with van der Waals surface area (Å²) in [5.74, 6) is 0.789. The topological polar surface area (TPSA) is 18.5 Å². The van der Waals surface area contributed by atoms with Crippen LogP contribution >= 0.6 is 0 Å². The summed E-state index contributed by atoms with van der Waals surface area (Å²) in [4.78, 5) is 0. The van der Waals surface area contributed by atoms with Gasteiger partial charge in [0.25, 0.3) is 0 Å². The van der Waals surface area contributed by atoms with E-state index in [0.717, 1.165) is 32.3 Å². The van der Waals surface area contributed by atoms with Crippen molar-refractivity contribution >= 4 is 0 Å². The van der Waals surface area contributed by atoms with Gasteiger partial charge in [-0.05, 0) is 12.8 Å². The average Bonchev–Trinajstić information content (AvgIpc) is 1.93. The van der Waals surface area contributed by atoms with E-state index in [9.17, 15) is 0 Å². The van der Waals surface area contributed by atoms with Crippen molar-refractivity contribution < 1.29 is 9.47 Å². The predicted octanol–water partition coefficient (Wildman–Crippen LogP) is 1.84. The van der Waals surface area contributed by atoms with E-state index in [2.05, 4.69) is 6.92 Å². The molecule has 1 heterocycles. The summed E-state index contributed by atoms with van der Waals surface area (Å²) < 4.78 is 10.5. The quantitative estimate of drug-likeness (QED) is 0.549. The highest BCUT2D eigenvalue weighted by Gasteiger charge is 2.17. The number of hydrogen-bond acceptors (Lipinski definition) is 2. The third-order valence-corrected chi connectivity index (χ3v) is 2.02. The summed E-state index contributed by atoms with van der Waals surface area (Å²) in [6, 6.07) is 0. The summed E-state index contributed by atoms with van der Waals surface area (Å²) in [7, 11) is 0. The highest BCUT2D eigenvalue weighted by molar-refractivity contribution is 4.64. The number of unbranched alkanes of at least 4 members (excludes halogenated alkanes) is 1. The second kappa shape index (κ2) is 5.56. The van der Waals surface area contributed by atoms with Gasteiger partial charge in [0.2, 0.25) is 0 Å². The molecule has 0 aromatic heterocycles. The molecule has 11 heavy (non-hydrogen) atoms. The minimum Gasteiger partial charge on any atom is -0.381 e. The fourth-order valence-electron chi connectivity index (χ4n) is 1.05. The van der Waals surface area contributed by atoms with Gasteiger partial charge in [0, 0.05) is 19.1 Å². The normalized spacial score (nSPS) is 18.3. The molecule has 0 N–H and O–H groups in total. The van der Waals surface area contributed by atoms with E-state index in [4.69, 9.17) is 9.47 Å². The summed E-state index contributed by atoms with van der Waals surface area (Å²) in [6.45, 7) is 5.95. The predicted molar refractivity (Wildman–Crippen MR) is 44.7 cm³/mol. The molecular weight excluding hydrogens is 140 g/mol. The zero-order chi connectivity index (χ0) is 7.94. The largest absolute Gasteiger partial charge is 0.381 e. The van der Waals surface area contributed by atoms with Gasteiger partial charge in [0.1, 0.15) is 0 Å². The van der Waals surface area contributed by atoms with Gasteiger partial charge in [0.15, 0.2) is 0 Å². The molecule has 0 bridgehead atoms. The van der Waals surface area contributed by atoms with Gasteiger partial charge < -0.3 is 9.47 Å². The number of ether oxygens (including phenoxy) is 2. The highest BCUT2D eigenvalue weighted by atomic mass is 16.5. The van der Waals surface area contributed by atoms with Crippen molar-refractivity contribution in [1.82, 2.24) is 0 Å². The molecule has 0 aromatic rings. The molecule has 1 aliphatic heterocycles. The lowest BCUT2D eigenvalue weighted by Gasteiger charge is -2.25. The molecule has 1 fully saturated rings. The van der Waals surface area contributed by atoms with Gasteiger partial charge in [-0.25, -0.2) is 0 Å². The Morgan fingerprint density at radius 3 is 2.73 bits per heavy atom. The molecule has 2 heteroatoms. The second-order valence-electron chi connectivity index (χ2n) is 3.16. The Morgan fingerprint density at radius 2 is 2.18 bits per heavy atom. The van der Waals surface area contributed by atoms with E-state index in [1.807, 2.05) is 0 Å². The van der Waals surface area contributed by atoms with Gasteiger partial charge in [-0.3, -0.25) is 0 Å². The van der Waals surface area contributed by atoms with Crippen LogP contribution in [0.15, 0.2) is 0 Å². The van der Waals surface area contributed by atoms with Crippen LogP contribution in [0.4, 0.5) is 0 Å². The molecule has 0 spiro atoms. The molecule has 0 aliphatic carbocycles. The second-order valence-corrected chi connectivity index (χ2v) is 3.16. The molecule has 0 amide bonds. The number of hydrogen-bond donors (Lipinski definition) is 0. The molecular formula is C9H18O2. The molecule has 0 unspecified atom stereocenters. The van der Waals surface area contributed by atoms with Crippen LogP contribution in [0.1, 0.15) is 26.2 Å². The number of rotatable bonds is 6. The third kappa shape index (κ3) is 3.73. The van der Waals surface area contributed by atoms with Crippen LogP contribution in [-0.4, -0.2) is 26.4 Å². The Morgan fingerprint density at radius 1 is 1.36 bits per heavy atom. The Bertz CT molecular complexity index is 89.6. The van der Waals surface area contributed by atoms with Gasteiger partial charge >= 0.3 is 0 Å². The van der Waals surface area contributed by atoms with Crippen LogP contribution in [0.2, 0.25) is 0 Å². The maximum atomic E-state index is 5.42. The minimum atomic E-state index is 0.789. The van der Waals surface area contributed by atoms with Crippen LogP contribution in [0.3, 0.4) is 0 Å². The van der Waals surface area contributed by atoms with Crippen LogP contribution in [0, 0.1) is 5.92 Å². The first-order valence-electron chi connectivity index (χ1n) is 4.59. The van der Waals surface area contributed by atoms with Crippen molar-refractivity contribution in [2.75, 3.05) is 26.4 Å². The lowest BCUT2D eigenvalue weighted by atomic mass is 10.1. The van der Waals surface area contributed by atoms with Crippen LogP contribution in [-0.2, 0) is 9.47 Å². The molecule has 2 nitrogen and oxygen atoms in total. The highest BCUT2D eigenvalue weighted by Crippen LogP contribution is 2.13. The van der Waals surface area contributed by atoms with Crippen LogP contribution in [0.25, 0.3) is 0 Å². The van der Waals surface area contributed by atoms with Crippen molar-refractivity contribution in [3.8, 4) is 0 Å². The standard InChI is InChI=1S/C9H18O2/c1-2-3-5-10-6-4-9-7-11-8-9/h9H,2-8H2,1H3. The van der Waals surface area contributed by atoms with Gasteiger partial charge in [-0.2, -0.15) is 0 Å². The van der Waals surface area contributed by atoms with Gasteiger partial charge in [-0.15, -0.1) is 0 Å². The smallest absolute Gasteiger partial charge is 0.0517 e. The molecule has 0 atom stereocenters. The Hall–Kier alpha value is -0.0800. The lowest BCUT2D eigenvalue weighted by molar-refractivity contribution is -0.0467. The van der Waals surface area contributed by atoms with Crippen LogP contribution < -0.4 is 0 Å². The van der Waals surface area contributed by atoms with Crippen molar-refractivity contribution in [2.45, 2.75) is 26.2 Å². The van der Waals surface area contributed by atoms with E-state index < -0.39 is 0 Å². The first-order chi connectivity index (χ1) is 5.43. The Kier molecular flexibility index (Phi) is 4.55. The van der Waals surface area contributed by atoms with E-state index in [-0.39, 0.29) is 0 Å². The van der Waals surface area contributed by atoms with Crippen molar-refractivity contribution in [1.29, 1.82) is 0 Å². The summed E-state index contributed by atoms with van der Waals surface area (Å²) in [5.41, 5.74) is 0. The molecule has 0 saturated carbocycles. The first-order valence-corrected chi connectivity index (χ1v) is 4.59. The fraction of sp³-hybridized carbons (Fsp3) is 1.00. The van der Waals surface area contributed by atoms with E-state index in [0.29, 0.717) is 0 Å². The summed E-state index contributed by atoms with van der Waals surface area (Å²) in [5, 5.41) is 0. The Balaban J connectivity index is 1.73. The zero-order valence-corrected chi connectivity index (χ0v) is 7.34. The van der Waals surface area contributed by atoms with Gasteiger partial charge in [-0.1, -0.05) is 13.3 Å². The SMILES string of the molecule is CCCCOCCC1COC1. The lowest BCUT2D eigenvalue weighted by Crippen LogP contribution is -2.28. The summed E-state index contributed by atoms with van der Waals surface area (Å²) in [6.07, 6.45) is 3.61. The van der Waals surface area contributed by atoms with E-state index in [1.165, 1.54) is 19.3 Å². The molecule has 1 aliphatic rings.